The first-order valence-electron chi connectivity index (χ1n) is 8.86. The van der Waals surface area contributed by atoms with E-state index in [2.05, 4.69) is 50.6 Å². The van der Waals surface area contributed by atoms with E-state index in [0.29, 0.717) is 11.6 Å². The molecule has 0 spiro atoms. The lowest BCUT2D eigenvalue weighted by molar-refractivity contribution is -0.121. The molecule has 134 valence electrons. The van der Waals surface area contributed by atoms with Gasteiger partial charge in [0.15, 0.2) is 5.82 Å². The molecule has 0 radical (unpaired) electrons. The van der Waals surface area contributed by atoms with Crippen LogP contribution >= 0.6 is 0 Å². The van der Waals surface area contributed by atoms with E-state index >= 15 is 0 Å². The number of aryl methyl sites for hydroxylation is 1. The van der Waals surface area contributed by atoms with Crippen LogP contribution in [-0.4, -0.2) is 59.6 Å². The predicted molar refractivity (Wildman–Crippen MR) is 97.5 cm³/mol. The highest BCUT2D eigenvalue weighted by Crippen LogP contribution is 2.12. The van der Waals surface area contributed by atoms with Gasteiger partial charge in [0.05, 0.1) is 6.04 Å². The van der Waals surface area contributed by atoms with Crippen LogP contribution in [-0.2, 0) is 11.2 Å². The Kier molecular flexibility index (Phi) is 5.83. The third-order valence-corrected chi connectivity index (χ3v) is 4.77. The number of hydrogen-bond donors (Lipinski definition) is 1. The number of rotatable bonds is 6. The minimum Gasteiger partial charge on any atom is -0.360 e. The molecule has 1 aromatic heterocycles. The van der Waals surface area contributed by atoms with Gasteiger partial charge in [-0.2, -0.15) is 0 Å². The quantitative estimate of drug-likeness (QED) is 0.872. The van der Waals surface area contributed by atoms with Crippen LogP contribution in [0.15, 0.2) is 40.9 Å². The monoisotopic (exact) mass is 342 g/mol. The first-order chi connectivity index (χ1) is 12.1. The molecular formula is C19H26N4O2. The van der Waals surface area contributed by atoms with Crippen LogP contribution in [0.4, 0.5) is 5.82 Å². The van der Waals surface area contributed by atoms with Crippen molar-refractivity contribution < 1.29 is 9.32 Å². The molecule has 1 aliphatic rings. The second-order valence-electron chi connectivity index (χ2n) is 6.60. The largest absolute Gasteiger partial charge is 0.360 e. The van der Waals surface area contributed by atoms with Crippen molar-refractivity contribution in [2.45, 2.75) is 26.3 Å². The van der Waals surface area contributed by atoms with E-state index in [-0.39, 0.29) is 11.9 Å². The van der Waals surface area contributed by atoms with Crippen molar-refractivity contribution in [1.82, 2.24) is 15.0 Å². The fourth-order valence-corrected chi connectivity index (χ4v) is 3.13. The zero-order chi connectivity index (χ0) is 17.6. The summed E-state index contributed by atoms with van der Waals surface area (Å²) < 4.78 is 4.98. The SMILES string of the molecule is Cc1cc(NC(=O)C(C)N2CCN(CCc3ccccc3)CC2)no1. The molecule has 2 heterocycles. The lowest BCUT2D eigenvalue weighted by atomic mass is 10.1. The third-order valence-electron chi connectivity index (χ3n) is 4.77. The lowest BCUT2D eigenvalue weighted by Crippen LogP contribution is -2.53. The summed E-state index contributed by atoms with van der Waals surface area (Å²) in [6.45, 7) is 8.61. The first-order valence-corrected chi connectivity index (χ1v) is 8.86. The Bertz CT molecular complexity index is 678. The molecule has 1 atom stereocenters. The Labute approximate surface area is 148 Å². The van der Waals surface area contributed by atoms with Crippen LogP contribution in [0.1, 0.15) is 18.2 Å². The maximum atomic E-state index is 12.4. The van der Waals surface area contributed by atoms with Gasteiger partial charge in [-0.05, 0) is 25.8 Å². The maximum Gasteiger partial charge on any atom is 0.242 e. The molecule has 6 heteroatoms. The Morgan fingerprint density at radius 3 is 2.60 bits per heavy atom. The molecule has 0 saturated carbocycles. The van der Waals surface area contributed by atoms with Gasteiger partial charge in [0, 0.05) is 38.8 Å². The molecule has 1 saturated heterocycles. The minimum absolute atomic E-state index is 0.0361. The van der Waals surface area contributed by atoms with Gasteiger partial charge in [0.2, 0.25) is 5.91 Å². The summed E-state index contributed by atoms with van der Waals surface area (Å²) in [5.41, 5.74) is 1.38. The number of nitrogens with zero attached hydrogens (tertiary/aromatic N) is 3. The third kappa shape index (κ3) is 4.90. The molecule has 1 aliphatic heterocycles. The van der Waals surface area contributed by atoms with Crippen LogP contribution in [0.5, 0.6) is 0 Å². The normalized spacial score (nSPS) is 17.4. The van der Waals surface area contributed by atoms with E-state index in [0.717, 1.165) is 39.1 Å². The zero-order valence-electron chi connectivity index (χ0n) is 14.9. The number of nitrogens with one attached hydrogen (secondary N) is 1. The van der Waals surface area contributed by atoms with E-state index in [1.54, 1.807) is 13.0 Å². The summed E-state index contributed by atoms with van der Waals surface area (Å²) in [5.74, 6) is 1.14. The van der Waals surface area contributed by atoms with Crippen molar-refractivity contribution in [3.8, 4) is 0 Å². The summed E-state index contributed by atoms with van der Waals surface area (Å²) in [5, 5.41) is 6.63. The Hall–Kier alpha value is -2.18. The van der Waals surface area contributed by atoms with Crippen LogP contribution in [0.2, 0.25) is 0 Å². The highest BCUT2D eigenvalue weighted by molar-refractivity contribution is 5.93. The molecule has 0 bridgehead atoms. The van der Waals surface area contributed by atoms with Gasteiger partial charge in [-0.3, -0.25) is 9.69 Å². The maximum absolute atomic E-state index is 12.4. The summed E-state index contributed by atoms with van der Waals surface area (Å²) >= 11 is 0. The molecule has 1 fully saturated rings. The second kappa shape index (κ2) is 8.27. The Morgan fingerprint density at radius 2 is 1.96 bits per heavy atom. The van der Waals surface area contributed by atoms with Crippen LogP contribution in [0.3, 0.4) is 0 Å². The number of carbonyl (C=O) groups excluding carboxylic acids is 1. The zero-order valence-corrected chi connectivity index (χ0v) is 14.9. The molecule has 3 rings (SSSR count). The average Bonchev–Trinajstić information content (AvgIpc) is 3.05. The molecule has 6 nitrogen and oxygen atoms in total. The molecule has 1 amide bonds. The van der Waals surface area contributed by atoms with Gasteiger partial charge in [0.25, 0.3) is 0 Å². The first kappa shape index (κ1) is 17.6. The van der Waals surface area contributed by atoms with Gasteiger partial charge >= 0.3 is 0 Å². The number of amides is 1. The van der Waals surface area contributed by atoms with E-state index in [4.69, 9.17) is 4.52 Å². The summed E-state index contributed by atoms with van der Waals surface area (Å²) in [4.78, 5) is 17.1. The molecule has 25 heavy (non-hydrogen) atoms. The predicted octanol–water partition coefficient (Wildman–Crippen LogP) is 2.17. The van der Waals surface area contributed by atoms with Crippen molar-refractivity contribution in [1.29, 1.82) is 0 Å². The fraction of sp³-hybridized carbons (Fsp3) is 0.474. The number of anilines is 1. The van der Waals surface area contributed by atoms with E-state index in [1.165, 1.54) is 5.56 Å². The van der Waals surface area contributed by atoms with Crippen molar-refractivity contribution in [3.63, 3.8) is 0 Å². The second-order valence-corrected chi connectivity index (χ2v) is 6.60. The van der Waals surface area contributed by atoms with Gasteiger partial charge in [-0.1, -0.05) is 35.5 Å². The Balaban J connectivity index is 1.42. The van der Waals surface area contributed by atoms with Gasteiger partial charge in [-0.25, -0.2) is 0 Å². The fourth-order valence-electron chi connectivity index (χ4n) is 3.13. The van der Waals surface area contributed by atoms with Crippen LogP contribution < -0.4 is 5.32 Å². The highest BCUT2D eigenvalue weighted by atomic mass is 16.5. The van der Waals surface area contributed by atoms with Crippen molar-refractivity contribution in [2.24, 2.45) is 0 Å². The van der Waals surface area contributed by atoms with Crippen molar-refractivity contribution in [3.05, 3.63) is 47.7 Å². The van der Waals surface area contributed by atoms with Crippen molar-refractivity contribution >= 4 is 11.7 Å². The average molecular weight is 342 g/mol. The molecule has 1 unspecified atom stereocenters. The molecular weight excluding hydrogens is 316 g/mol. The number of piperazine rings is 1. The summed E-state index contributed by atoms with van der Waals surface area (Å²) in [6.07, 6.45) is 1.07. The van der Waals surface area contributed by atoms with E-state index < -0.39 is 0 Å². The number of aromatic nitrogens is 1. The van der Waals surface area contributed by atoms with Gasteiger partial charge < -0.3 is 14.7 Å². The highest BCUT2D eigenvalue weighted by Gasteiger charge is 2.25. The van der Waals surface area contributed by atoms with Gasteiger partial charge in [-0.15, -0.1) is 0 Å². The van der Waals surface area contributed by atoms with Crippen molar-refractivity contribution in [2.75, 3.05) is 38.0 Å². The molecule has 1 N–H and O–H groups in total. The smallest absolute Gasteiger partial charge is 0.242 e. The number of benzene rings is 1. The standard InChI is InChI=1S/C19H26N4O2/c1-15-14-18(21-25-15)20-19(24)16(2)23-12-10-22(11-13-23)9-8-17-6-4-3-5-7-17/h3-7,14,16H,8-13H2,1-2H3,(H,20,21,24). The molecule has 2 aromatic rings. The summed E-state index contributed by atoms with van der Waals surface area (Å²) in [6, 6.07) is 12.1. The summed E-state index contributed by atoms with van der Waals surface area (Å²) in [7, 11) is 0. The number of carbonyl (C=O) groups is 1. The van der Waals surface area contributed by atoms with E-state index in [9.17, 15) is 4.79 Å². The minimum atomic E-state index is -0.173. The molecule has 0 aliphatic carbocycles. The Morgan fingerprint density at radius 1 is 1.24 bits per heavy atom. The van der Waals surface area contributed by atoms with Gasteiger partial charge in [0.1, 0.15) is 5.76 Å². The topological polar surface area (TPSA) is 61.6 Å². The lowest BCUT2D eigenvalue weighted by Gasteiger charge is -2.37. The number of hydrogen-bond acceptors (Lipinski definition) is 5. The van der Waals surface area contributed by atoms with E-state index in [1.807, 2.05) is 6.92 Å². The van der Waals surface area contributed by atoms with Crippen LogP contribution in [0, 0.1) is 6.92 Å². The molecule has 1 aromatic carbocycles. The van der Waals surface area contributed by atoms with Crippen LogP contribution in [0.25, 0.3) is 0 Å².